The van der Waals surface area contributed by atoms with Crippen LogP contribution in [0.5, 0.6) is 0 Å². The highest BCUT2D eigenvalue weighted by molar-refractivity contribution is 6.91. The first-order valence-corrected chi connectivity index (χ1v) is 26.6. The third kappa shape index (κ3) is 9.63. The van der Waals surface area contributed by atoms with Crippen molar-refractivity contribution in [3.05, 3.63) is 0 Å². The van der Waals surface area contributed by atoms with Gasteiger partial charge in [-0.1, -0.05) is 0 Å². The summed E-state index contributed by atoms with van der Waals surface area (Å²) in [6.45, 7) is 24.5. The molecule has 1 rings (SSSR count). The van der Waals surface area contributed by atoms with Crippen LogP contribution in [0.15, 0.2) is 0 Å². The van der Waals surface area contributed by atoms with Gasteiger partial charge in [-0.05, 0) is 78.6 Å². The summed E-state index contributed by atoms with van der Waals surface area (Å²) in [5, 5.41) is 0. The Balaban J connectivity index is 3.16. The normalized spacial score (nSPS) is 30.9. The van der Waals surface area contributed by atoms with Gasteiger partial charge in [0.05, 0.1) is 0 Å². The van der Waals surface area contributed by atoms with Crippen molar-refractivity contribution in [1.82, 2.24) is 0 Å². The van der Waals surface area contributed by atoms with E-state index in [1.807, 2.05) is 26.2 Å². The lowest BCUT2D eigenvalue weighted by molar-refractivity contribution is 0.252. The van der Waals surface area contributed by atoms with E-state index >= 15 is 0 Å². The number of hydrogen-bond donors (Lipinski definition) is 0. The maximum absolute atomic E-state index is 6.47. The van der Waals surface area contributed by atoms with Crippen LogP contribution in [0.2, 0.25) is 78.6 Å². The Labute approximate surface area is 168 Å². The molecule has 1 fully saturated rings. The molecule has 2 radical (unpaired) electrons. The molecule has 154 valence electrons. The van der Waals surface area contributed by atoms with Gasteiger partial charge in [-0.15, -0.1) is 0 Å². The summed E-state index contributed by atoms with van der Waals surface area (Å²) < 4.78 is 44.1. The second kappa shape index (κ2) is 8.17. The smallest absolute Gasteiger partial charge is 0.413 e. The molecular weight excluding hydrogens is 453 g/mol. The average Bonchev–Trinajstić information content (AvgIpc) is 2.15. The molecule has 0 aliphatic carbocycles. The van der Waals surface area contributed by atoms with E-state index in [1.54, 1.807) is 0 Å². The first-order chi connectivity index (χ1) is 11.2. The SMILES string of the molecule is C[Si]1(C)O[Si]O[Si](C)(C)O[Si](C)(C)O[Si](C)(C)O[Si](C)(C)O[Si](C)(C)O1. The van der Waals surface area contributed by atoms with Crippen LogP contribution < -0.4 is 0 Å². The van der Waals surface area contributed by atoms with Gasteiger partial charge in [0.2, 0.25) is 0 Å². The van der Waals surface area contributed by atoms with Crippen LogP contribution in [-0.2, 0) is 28.8 Å². The first kappa shape index (κ1) is 25.3. The fourth-order valence-electron chi connectivity index (χ4n) is 3.31. The molecule has 0 N–H and O–H groups in total. The monoisotopic (exact) mass is 488 g/mol. The molecule has 0 amide bonds. The molecule has 0 aromatic rings. The highest BCUT2D eigenvalue weighted by atomic mass is 28.5. The van der Waals surface area contributed by atoms with Crippen molar-refractivity contribution in [1.29, 1.82) is 0 Å². The summed E-state index contributed by atoms with van der Waals surface area (Å²) in [7, 11) is -14.6. The molecular formula is C12H36O7Si7. The fourth-order valence-corrected chi connectivity index (χ4v) is 32.4. The second-order valence-corrected chi connectivity index (χ2v) is 31.9. The van der Waals surface area contributed by atoms with E-state index in [-0.39, 0.29) is 10.0 Å². The number of hydrogen-bond acceptors (Lipinski definition) is 7. The average molecular weight is 489 g/mol. The molecule has 1 heterocycles. The summed E-state index contributed by atoms with van der Waals surface area (Å²) >= 11 is 0. The Hall–Kier alpha value is 1.24. The number of rotatable bonds is 0. The Morgan fingerprint density at radius 3 is 0.769 bits per heavy atom. The summed E-state index contributed by atoms with van der Waals surface area (Å²) in [5.74, 6) is 0. The minimum atomic E-state index is -2.44. The minimum Gasteiger partial charge on any atom is -0.416 e. The van der Waals surface area contributed by atoms with Crippen LogP contribution in [0, 0.1) is 0 Å². The molecule has 7 nitrogen and oxygen atoms in total. The van der Waals surface area contributed by atoms with E-state index < -0.39 is 51.4 Å². The van der Waals surface area contributed by atoms with Crippen molar-refractivity contribution >= 4 is 61.4 Å². The van der Waals surface area contributed by atoms with Crippen LogP contribution >= 0.6 is 0 Å². The minimum absolute atomic E-state index is 0.101. The molecule has 14 heteroatoms. The van der Waals surface area contributed by atoms with E-state index in [9.17, 15) is 0 Å². The zero-order valence-corrected chi connectivity index (χ0v) is 25.4. The largest absolute Gasteiger partial charge is 0.416 e. The van der Waals surface area contributed by atoms with Gasteiger partial charge >= 0.3 is 61.4 Å². The Bertz CT molecular complexity index is 454. The molecule has 0 aromatic heterocycles. The molecule has 0 aromatic carbocycles. The maximum Gasteiger partial charge on any atom is 0.413 e. The summed E-state index contributed by atoms with van der Waals surface area (Å²) in [5.41, 5.74) is 0. The van der Waals surface area contributed by atoms with Crippen molar-refractivity contribution in [2.45, 2.75) is 78.6 Å². The van der Waals surface area contributed by atoms with Crippen molar-refractivity contribution in [2.24, 2.45) is 0 Å². The predicted molar refractivity (Wildman–Crippen MR) is 118 cm³/mol. The maximum atomic E-state index is 6.47. The predicted octanol–water partition coefficient (Wildman–Crippen LogP) is 3.86. The summed E-state index contributed by atoms with van der Waals surface area (Å²) in [4.78, 5) is 0. The van der Waals surface area contributed by atoms with Crippen molar-refractivity contribution < 1.29 is 28.8 Å². The molecule has 0 spiro atoms. The van der Waals surface area contributed by atoms with E-state index in [2.05, 4.69) is 52.4 Å². The zero-order chi connectivity index (χ0) is 20.7. The first-order valence-electron chi connectivity index (χ1n) is 8.86. The molecule has 0 unspecified atom stereocenters. The Morgan fingerprint density at radius 1 is 0.346 bits per heavy atom. The topological polar surface area (TPSA) is 64.6 Å². The van der Waals surface area contributed by atoms with Crippen LogP contribution in [0.1, 0.15) is 0 Å². The molecule has 1 saturated heterocycles. The quantitative estimate of drug-likeness (QED) is 0.480. The van der Waals surface area contributed by atoms with Crippen molar-refractivity contribution in [3.63, 3.8) is 0 Å². The van der Waals surface area contributed by atoms with Gasteiger partial charge in [0.1, 0.15) is 0 Å². The van der Waals surface area contributed by atoms with E-state index in [4.69, 9.17) is 28.8 Å². The van der Waals surface area contributed by atoms with Gasteiger partial charge in [-0.25, -0.2) is 0 Å². The molecule has 1 aliphatic heterocycles. The fraction of sp³-hybridized carbons (Fsp3) is 1.00. The lowest BCUT2D eigenvalue weighted by atomic mass is 11.9. The highest BCUT2D eigenvalue weighted by Gasteiger charge is 2.48. The second-order valence-electron chi connectivity index (χ2n) is 9.20. The van der Waals surface area contributed by atoms with Gasteiger partial charge in [-0.2, -0.15) is 0 Å². The molecule has 1 aliphatic rings. The third-order valence-corrected chi connectivity index (χ3v) is 27.3. The van der Waals surface area contributed by atoms with Gasteiger partial charge in [0, 0.05) is 0 Å². The standard InChI is InChI=1S/C12H36O7Si7/c1-21(2)13-20-14-22(3,4)16-24(7,8)18-26(11,12)19-25(9,10)17-23(5,6)15-21/h1-12H3. The van der Waals surface area contributed by atoms with Crippen LogP contribution in [-0.4, -0.2) is 61.4 Å². The molecule has 0 bridgehead atoms. The zero-order valence-electron chi connectivity index (χ0n) is 18.4. The van der Waals surface area contributed by atoms with Crippen molar-refractivity contribution in [3.8, 4) is 0 Å². The van der Waals surface area contributed by atoms with Gasteiger partial charge in [0.15, 0.2) is 0 Å². The lowest BCUT2D eigenvalue weighted by Gasteiger charge is -2.43. The van der Waals surface area contributed by atoms with Crippen LogP contribution in [0.4, 0.5) is 0 Å². The Kier molecular flexibility index (Phi) is 7.94. The summed E-state index contributed by atoms with van der Waals surface area (Å²) in [6.07, 6.45) is 0. The summed E-state index contributed by atoms with van der Waals surface area (Å²) in [6, 6.07) is 0. The Morgan fingerprint density at radius 2 is 0.538 bits per heavy atom. The van der Waals surface area contributed by atoms with Crippen molar-refractivity contribution in [2.75, 3.05) is 0 Å². The molecule has 0 atom stereocenters. The van der Waals surface area contributed by atoms with Gasteiger partial charge < -0.3 is 28.8 Å². The highest BCUT2D eigenvalue weighted by Crippen LogP contribution is 2.28. The van der Waals surface area contributed by atoms with Crippen LogP contribution in [0.3, 0.4) is 0 Å². The van der Waals surface area contributed by atoms with E-state index in [0.717, 1.165) is 0 Å². The van der Waals surface area contributed by atoms with E-state index in [1.165, 1.54) is 0 Å². The van der Waals surface area contributed by atoms with Crippen LogP contribution in [0.25, 0.3) is 0 Å². The lowest BCUT2D eigenvalue weighted by Crippen LogP contribution is -2.61. The third-order valence-electron chi connectivity index (χ3n) is 3.03. The van der Waals surface area contributed by atoms with E-state index in [0.29, 0.717) is 0 Å². The van der Waals surface area contributed by atoms with Gasteiger partial charge in [0.25, 0.3) is 0 Å². The molecule has 0 saturated carbocycles. The molecule has 26 heavy (non-hydrogen) atoms. The van der Waals surface area contributed by atoms with Gasteiger partial charge in [-0.3, -0.25) is 0 Å².